The Hall–Kier alpha value is -1.33. The van der Waals surface area contributed by atoms with Crippen molar-refractivity contribution in [2.75, 3.05) is 12.4 Å². The zero-order chi connectivity index (χ0) is 15.4. The van der Waals surface area contributed by atoms with Gasteiger partial charge in [0.1, 0.15) is 5.75 Å². The lowest BCUT2D eigenvalue weighted by Crippen LogP contribution is -2.14. The highest BCUT2D eigenvalue weighted by atomic mass is 79.9. The quantitative estimate of drug-likeness (QED) is 0.789. The Morgan fingerprint density at radius 3 is 2.67 bits per heavy atom. The van der Waals surface area contributed by atoms with Crippen molar-refractivity contribution < 1.29 is 9.53 Å². The molecule has 5 heteroatoms. The molecule has 110 valence electrons. The van der Waals surface area contributed by atoms with Crippen molar-refractivity contribution in [3.05, 3.63) is 56.5 Å². The average molecular weight is 413 g/mol. The molecule has 1 N–H and O–H groups in total. The number of hydrogen-bond acceptors (Lipinski definition) is 2. The number of carbonyl (C=O) groups excluding carboxylic acids is 1. The first-order valence-corrected chi connectivity index (χ1v) is 7.96. The molecule has 0 atom stereocenters. The minimum absolute atomic E-state index is 0.0697. The van der Waals surface area contributed by atoms with Crippen molar-refractivity contribution in [3.63, 3.8) is 0 Å². The fourth-order valence-corrected chi connectivity index (χ4v) is 2.65. The number of ether oxygens (including phenoxy) is 1. The molecule has 0 fully saturated rings. The molecule has 0 unspecified atom stereocenters. The molecular formula is C16H15Br2NO2. The maximum absolute atomic E-state index is 12.1. The van der Waals surface area contributed by atoms with E-state index in [0.29, 0.717) is 6.42 Å². The predicted molar refractivity (Wildman–Crippen MR) is 91.9 cm³/mol. The molecule has 0 saturated carbocycles. The van der Waals surface area contributed by atoms with Crippen molar-refractivity contribution in [2.45, 2.75) is 13.3 Å². The van der Waals surface area contributed by atoms with E-state index in [4.69, 9.17) is 4.74 Å². The molecule has 3 nitrogen and oxygen atoms in total. The summed E-state index contributed by atoms with van der Waals surface area (Å²) in [5.74, 6) is 0.726. The summed E-state index contributed by atoms with van der Waals surface area (Å²) in [6.07, 6.45) is 0.301. The number of hydrogen-bond donors (Lipinski definition) is 1. The van der Waals surface area contributed by atoms with Gasteiger partial charge in [-0.2, -0.15) is 0 Å². The van der Waals surface area contributed by atoms with E-state index < -0.39 is 0 Å². The average Bonchev–Trinajstić information content (AvgIpc) is 2.45. The van der Waals surface area contributed by atoms with Crippen molar-refractivity contribution >= 4 is 43.5 Å². The number of methoxy groups -OCH3 is 1. The SMILES string of the molecule is COc1cc(CC(=O)Nc2cc(Br)ccc2Br)ccc1C. The first-order valence-electron chi connectivity index (χ1n) is 6.38. The van der Waals surface area contributed by atoms with Crippen molar-refractivity contribution in [1.82, 2.24) is 0 Å². The maximum Gasteiger partial charge on any atom is 0.228 e. The summed E-state index contributed by atoms with van der Waals surface area (Å²) in [5.41, 5.74) is 2.71. The molecule has 0 aliphatic carbocycles. The van der Waals surface area contributed by atoms with Crippen LogP contribution in [0.15, 0.2) is 45.3 Å². The summed E-state index contributed by atoms with van der Waals surface area (Å²) in [5, 5.41) is 2.89. The summed E-state index contributed by atoms with van der Waals surface area (Å²) < 4.78 is 7.04. The van der Waals surface area contributed by atoms with Crippen LogP contribution in [0.25, 0.3) is 0 Å². The van der Waals surface area contributed by atoms with Gasteiger partial charge in [0, 0.05) is 8.95 Å². The van der Waals surface area contributed by atoms with E-state index in [1.165, 1.54) is 0 Å². The summed E-state index contributed by atoms with van der Waals surface area (Å²) in [4.78, 5) is 12.1. The zero-order valence-corrected chi connectivity index (χ0v) is 14.9. The van der Waals surface area contributed by atoms with Crippen LogP contribution < -0.4 is 10.1 Å². The molecule has 0 saturated heterocycles. The highest BCUT2D eigenvalue weighted by Crippen LogP contribution is 2.26. The largest absolute Gasteiger partial charge is 0.496 e. The molecule has 0 spiro atoms. The molecule has 2 aromatic carbocycles. The van der Waals surface area contributed by atoms with Crippen LogP contribution in [0.5, 0.6) is 5.75 Å². The first-order chi connectivity index (χ1) is 9.99. The van der Waals surface area contributed by atoms with Crippen LogP contribution in [-0.2, 0) is 11.2 Å². The van der Waals surface area contributed by atoms with E-state index in [2.05, 4.69) is 37.2 Å². The second-order valence-corrected chi connectivity index (χ2v) is 6.42. The van der Waals surface area contributed by atoms with Crippen LogP contribution in [0, 0.1) is 6.92 Å². The van der Waals surface area contributed by atoms with Crippen molar-refractivity contribution in [2.24, 2.45) is 0 Å². The summed E-state index contributed by atoms with van der Waals surface area (Å²) in [7, 11) is 1.63. The number of anilines is 1. The minimum Gasteiger partial charge on any atom is -0.496 e. The molecule has 2 aromatic rings. The van der Waals surface area contributed by atoms with Gasteiger partial charge in [-0.25, -0.2) is 0 Å². The van der Waals surface area contributed by atoms with E-state index in [0.717, 1.165) is 31.5 Å². The van der Waals surface area contributed by atoms with Crippen molar-refractivity contribution in [1.29, 1.82) is 0 Å². The molecule has 2 rings (SSSR count). The predicted octanol–water partition coefficient (Wildman–Crippen LogP) is 4.71. The van der Waals surface area contributed by atoms with Gasteiger partial charge in [0.15, 0.2) is 0 Å². The number of carbonyl (C=O) groups is 1. The van der Waals surface area contributed by atoms with Gasteiger partial charge in [0.05, 0.1) is 19.2 Å². The smallest absolute Gasteiger partial charge is 0.228 e. The zero-order valence-electron chi connectivity index (χ0n) is 11.7. The molecule has 21 heavy (non-hydrogen) atoms. The Balaban J connectivity index is 2.10. The Labute approximate surface area is 141 Å². The monoisotopic (exact) mass is 411 g/mol. The van der Waals surface area contributed by atoms with Gasteiger partial charge < -0.3 is 10.1 Å². The first kappa shape index (κ1) is 16.0. The van der Waals surface area contributed by atoms with Crippen LogP contribution >= 0.6 is 31.9 Å². The lowest BCUT2D eigenvalue weighted by Gasteiger charge is -2.10. The van der Waals surface area contributed by atoms with Crippen LogP contribution in [-0.4, -0.2) is 13.0 Å². The van der Waals surface area contributed by atoms with Crippen molar-refractivity contribution in [3.8, 4) is 5.75 Å². The highest BCUT2D eigenvalue weighted by molar-refractivity contribution is 9.11. The van der Waals surface area contributed by atoms with Gasteiger partial charge in [0.25, 0.3) is 0 Å². The van der Waals surface area contributed by atoms with Crippen LogP contribution in [0.2, 0.25) is 0 Å². The normalized spacial score (nSPS) is 10.3. The second kappa shape index (κ2) is 7.09. The molecule has 0 aliphatic heterocycles. The van der Waals surface area contributed by atoms with Crippen LogP contribution in [0.4, 0.5) is 5.69 Å². The Morgan fingerprint density at radius 1 is 1.19 bits per heavy atom. The number of nitrogens with one attached hydrogen (secondary N) is 1. The van der Waals surface area contributed by atoms with E-state index in [9.17, 15) is 4.79 Å². The summed E-state index contributed by atoms with van der Waals surface area (Å²) >= 11 is 6.81. The number of benzene rings is 2. The number of aryl methyl sites for hydroxylation is 1. The number of rotatable bonds is 4. The Morgan fingerprint density at radius 2 is 1.95 bits per heavy atom. The molecule has 1 amide bonds. The molecule has 0 heterocycles. The van der Waals surface area contributed by atoms with Gasteiger partial charge in [-0.1, -0.05) is 28.1 Å². The van der Waals surface area contributed by atoms with E-state index >= 15 is 0 Å². The highest BCUT2D eigenvalue weighted by Gasteiger charge is 2.09. The summed E-state index contributed by atoms with van der Waals surface area (Å²) in [6.45, 7) is 1.97. The third kappa shape index (κ3) is 4.32. The van der Waals surface area contributed by atoms with Gasteiger partial charge in [-0.3, -0.25) is 4.79 Å². The second-order valence-electron chi connectivity index (χ2n) is 4.65. The Bertz CT molecular complexity index is 671. The van der Waals surface area contributed by atoms with Crippen LogP contribution in [0.1, 0.15) is 11.1 Å². The topological polar surface area (TPSA) is 38.3 Å². The lowest BCUT2D eigenvalue weighted by atomic mass is 10.1. The van der Waals surface area contributed by atoms with Gasteiger partial charge in [-0.15, -0.1) is 0 Å². The van der Waals surface area contributed by atoms with E-state index in [1.54, 1.807) is 7.11 Å². The molecule has 0 bridgehead atoms. The van der Waals surface area contributed by atoms with Gasteiger partial charge >= 0.3 is 0 Å². The van der Waals surface area contributed by atoms with Gasteiger partial charge in [0.2, 0.25) is 5.91 Å². The minimum atomic E-state index is -0.0697. The third-order valence-corrected chi connectivity index (χ3v) is 4.22. The third-order valence-electron chi connectivity index (χ3n) is 3.04. The fourth-order valence-electron chi connectivity index (χ4n) is 1.95. The van der Waals surface area contributed by atoms with Crippen LogP contribution in [0.3, 0.4) is 0 Å². The van der Waals surface area contributed by atoms with E-state index in [-0.39, 0.29) is 5.91 Å². The summed E-state index contributed by atoms with van der Waals surface area (Å²) in [6, 6.07) is 11.4. The molecular weight excluding hydrogens is 398 g/mol. The Kier molecular flexibility index (Phi) is 5.42. The fraction of sp³-hybridized carbons (Fsp3) is 0.188. The molecule has 0 radical (unpaired) electrons. The number of halogens is 2. The molecule has 0 aliphatic rings. The molecule has 0 aromatic heterocycles. The standard InChI is InChI=1S/C16H15Br2NO2/c1-10-3-4-11(7-15(10)21-2)8-16(20)19-14-9-12(17)5-6-13(14)18/h3-7,9H,8H2,1-2H3,(H,19,20). The maximum atomic E-state index is 12.1. The van der Waals surface area contributed by atoms with E-state index in [1.807, 2.05) is 43.3 Å². The number of amides is 1. The lowest BCUT2D eigenvalue weighted by molar-refractivity contribution is -0.115. The van der Waals surface area contributed by atoms with Gasteiger partial charge in [-0.05, 0) is 58.2 Å².